The maximum Gasteiger partial charge on any atom is 0.324 e. The van der Waals surface area contributed by atoms with E-state index in [-0.39, 0.29) is 10.8 Å². The van der Waals surface area contributed by atoms with E-state index in [0.29, 0.717) is 11.3 Å². The first kappa shape index (κ1) is 21.3. The Hall–Kier alpha value is -3.04. The van der Waals surface area contributed by atoms with Crippen molar-refractivity contribution >= 4 is 33.4 Å². The first-order valence-corrected chi connectivity index (χ1v) is 9.82. The van der Waals surface area contributed by atoms with Crippen LogP contribution in [-0.4, -0.2) is 38.7 Å². The van der Waals surface area contributed by atoms with Gasteiger partial charge in [-0.1, -0.05) is 18.2 Å². The molecule has 0 aliphatic carbocycles. The van der Waals surface area contributed by atoms with Crippen molar-refractivity contribution in [3.05, 3.63) is 60.2 Å². The summed E-state index contributed by atoms with van der Waals surface area (Å²) >= 11 is 0. The molecule has 0 heterocycles. The zero-order valence-electron chi connectivity index (χ0n) is 15.3. The molecule has 0 aromatic heterocycles. The van der Waals surface area contributed by atoms with Crippen LogP contribution in [0.3, 0.4) is 0 Å². The van der Waals surface area contributed by atoms with Crippen molar-refractivity contribution in [2.75, 3.05) is 11.9 Å². The Morgan fingerprint density at radius 2 is 1.61 bits per heavy atom. The minimum Gasteiger partial charge on any atom is -0.456 e. The highest BCUT2D eigenvalue weighted by molar-refractivity contribution is 7.89. The van der Waals surface area contributed by atoms with Gasteiger partial charge in [0.1, 0.15) is 6.04 Å². The van der Waals surface area contributed by atoms with E-state index < -0.39 is 34.4 Å². The summed E-state index contributed by atoms with van der Waals surface area (Å²) in [6.07, 6.45) is 0. The molecule has 0 aliphatic rings. The lowest BCUT2D eigenvalue weighted by atomic mass is 10.1. The van der Waals surface area contributed by atoms with Crippen LogP contribution < -0.4 is 10.0 Å². The summed E-state index contributed by atoms with van der Waals surface area (Å²) in [6.45, 7) is 2.16. The number of nitrogens with one attached hydrogen (secondary N) is 2. The molecule has 0 aliphatic heterocycles. The lowest BCUT2D eigenvalue weighted by Gasteiger charge is -2.13. The summed E-state index contributed by atoms with van der Waals surface area (Å²) in [6, 6.07) is 12.5. The number of ether oxygens (including phenoxy) is 1. The number of carbonyl (C=O) groups is 3. The number of rotatable bonds is 8. The Bertz CT molecular complexity index is 956. The van der Waals surface area contributed by atoms with E-state index in [4.69, 9.17) is 4.74 Å². The summed E-state index contributed by atoms with van der Waals surface area (Å²) in [5.74, 6) is -1.57. The Labute approximate surface area is 163 Å². The molecular weight excluding hydrogens is 384 g/mol. The number of anilines is 1. The maximum absolute atomic E-state index is 12.2. The van der Waals surface area contributed by atoms with E-state index >= 15 is 0 Å². The molecule has 0 unspecified atom stereocenters. The van der Waals surface area contributed by atoms with Gasteiger partial charge in [-0.05, 0) is 43.3 Å². The molecule has 0 saturated carbocycles. The van der Waals surface area contributed by atoms with Gasteiger partial charge in [0.25, 0.3) is 0 Å². The number of ketones is 1. The number of Topliss-reactive ketones (excluding diaryl/α,β-unsaturated/α-hetero) is 1. The molecule has 2 N–H and O–H groups in total. The van der Waals surface area contributed by atoms with Crippen LogP contribution in [0.25, 0.3) is 0 Å². The number of esters is 1. The smallest absolute Gasteiger partial charge is 0.324 e. The lowest BCUT2D eigenvalue weighted by Crippen LogP contribution is -2.40. The fourth-order valence-corrected chi connectivity index (χ4v) is 3.45. The highest BCUT2D eigenvalue weighted by Crippen LogP contribution is 2.11. The standard InChI is InChI=1S/C19H20N2O6S/c1-13(21-28(25,26)17-6-4-3-5-7-17)19(24)27-12-18(23)15-8-10-16(11-9-15)20-14(2)22/h3-11,13,21H,12H2,1-2H3,(H,20,22)/t13-/m0/s1. The molecule has 2 aromatic carbocycles. The van der Waals surface area contributed by atoms with E-state index in [0.717, 1.165) is 0 Å². The van der Waals surface area contributed by atoms with Crippen molar-refractivity contribution in [1.82, 2.24) is 4.72 Å². The minimum atomic E-state index is -3.88. The van der Waals surface area contributed by atoms with E-state index in [1.54, 1.807) is 30.3 Å². The van der Waals surface area contributed by atoms with E-state index in [2.05, 4.69) is 10.0 Å². The zero-order valence-corrected chi connectivity index (χ0v) is 16.2. The number of carbonyl (C=O) groups excluding carboxylic acids is 3. The quantitative estimate of drug-likeness (QED) is 0.511. The minimum absolute atomic E-state index is 0.0185. The van der Waals surface area contributed by atoms with Crippen molar-refractivity contribution in [2.45, 2.75) is 24.8 Å². The summed E-state index contributed by atoms with van der Waals surface area (Å²) in [5, 5.41) is 2.57. The molecule has 0 saturated heterocycles. The molecule has 1 atom stereocenters. The molecule has 0 fully saturated rings. The van der Waals surface area contributed by atoms with Gasteiger partial charge in [0.15, 0.2) is 12.4 Å². The Balaban J connectivity index is 1.90. The normalized spacial score (nSPS) is 12.1. The van der Waals surface area contributed by atoms with Gasteiger partial charge in [0.2, 0.25) is 15.9 Å². The molecule has 8 nitrogen and oxygen atoms in total. The molecule has 148 valence electrons. The van der Waals surface area contributed by atoms with E-state index in [9.17, 15) is 22.8 Å². The van der Waals surface area contributed by atoms with Crippen LogP contribution in [0.1, 0.15) is 24.2 Å². The predicted octanol–water partition coefficient (Wildman–Crippen LogP) is 1.74. The molecule has 9 heteroatoms. The van der Waals surface area contributed by atoms with Crippen LogP contribution in [0.4, 0.5) is 5.69 Å². The summed E-state index contributed by atoms with van der Waals surface area (Å²) in [7, 11) is -3.88. The van der Waals surface area contributed by atoms with Gasteiger partial charge in [-0.2, -0.15) is 4.72 Å². The third-order valence-corrected chi connectivity index (χ3v) is 5.17. The number of amides is 1. The van der Waals surface area contributed by atoms with Gasteiger partial charge < -0.3 is 10.1 Å². The molecule has 2 aromatic rings. The van der Waals surface area contributed by atoms with E-state index in [1.165, 1.54) is 38.1 Å². The number of hydrogen-bond donors (Lipinski definition) is 2. The fraction of sp³-hybridized carbons (Fsp3) is 0.211. The van der Waals surface area contributed by atoms with Gasteiger partial charge in [0.05, 0.1) is 4.90 Å². The second-order valence-corrected chi connectivity index (χ2v) is 7.66. The second-order valence-electron chi connectivity index (χ2n) is 5.95. The monoisotopic (exact) mass is 404 g/mol. The van der Waals surface area contributed by atoms with Crippen molar-refractivity contribution < 1.29 is 27.5 Å². The Morgan fingerprint density at radius 3 is 2.18 bits per heavy atom. The van der Waals surface area contributed by atoms with Crippen LogP contribution in [0.15, 0.2) is 59.5 Å². The summed E-state index contributed by atoms with van der Waals surface area (Å²) < 4.78 is 31.5. The lowest BCUT2D eigenvalue weighted by molar-refractivity contribution is -0.144. The van der Waals surface area contributed by atoms with Gasteiger partial charge >= 0.3 is 5.97 Å². The average Bonchev–Trinajstić information content (AvgIpc) is 2.66. The van der Waals surface area contributed by atoms with Crippen LogP contribution in [-0.2, 0) is 24.3 Å². The van der Waals surface area contributed by atoms with Crippen molar-refractivity contribution in [1.29, 1.82) is 0 Å². The first-order chi connectivity index (χ1) is 13.2. The zero-order chi connectivity index (χ0) is 20.7. The largest absolute Gasteiger partial charge is 0.456 e. The molecule has 0 spiro atoms. The van der Waals surface area contributed by atoms with Gasteiger partial charge in [0, 0.05) is 18.2 Å². The Kier molecular flexibility index (Phi) is 7.02. The maximum atomic E-state index is 12.2. The average molecular weight is 404 g/mol. The SMILES string of the molecule is CC(=O)Nc1ccc(C(=O)COC(=O)[C@H](C)NS(=O)(=O)c2ccccc2)cc1. The molecule has 2 rings (SSSR count). The topological polar surface area (TPSA) is 119 Å². The van der Waals surface area contributed by atoms with E-state index in [1.807, 2.05) is 0 Å². The molecular formula is C19H20N2O6S. The van der Waals surface area contributed by atoms with Crippen LogP contribution in [0.2, 0.25) is 0 Å². The van der Waals surface area contributed by atoms with Crippen molar-refractivity contribution in [3.63, 3.8) is 0 Å². The first-order valence-electron chi connectivity index (χ1n) is 8.34. The molecule has 0 bridgehead atoms. The number of sulfonamides is 1. The summed E-state index contributed by atoms with van der Waals surface area (Å²) in [4.78, 5) is 35.1. The molecule has 0 radical (unpaired) electrons. The fourth-order valence-electron chi connectivity index (χ4n) is 2.24. The number of hydrogen-bond acceptors (Lipinski definition) is 6. The van der Waals surface area contributed by atoms with Gasteiger partial charge in [-0.25, -0.2) is 8.42 Å². The van der Waals surface area contributed by atoms with Gasteiger partial charge in [-0.3, -0.25) is 14.4 Å². The highest BCUT2D eigenvalue weighted by atomic mass is 32.2. The second kappa shape index (κ2) is 9.25. The van der Waals surface area contributed by atoms with Crippen LogP contribution >= 0.6 is 0 Å². The predicted molar refractivity (Wildman–Crippen MR) is 102 cm³/mol. The van der Waals surface area contributed by atoms with Crippen LogP contribution in [0, 0.1) is 0 Å². The molecule has 1 amide bonds. The van der Waals surface area contributed by atoms with Gasteiger partial charge in [-0.15, -0.1) is 0 Å². The number of benzene rings is 2. The molecule has 28 heavy (non-hydrogen) atoms. The van der Waals surface area contributed by atoms with Crippen molar-refractivity contribution in [2.24, 2.45) is 0 Å². The highest BCUT2D eigenvalue weighted by Gasteiger charge is 2.23. The summed E-state index contributed by atoms with van der Waals surface area (Å²) in [5.41, 5.74) is 0.824. The Morgan fingerprint density at radius 1 is 1.00 bits per heavy atom. The van der Waals surface area contributed by atoms with Crippen molar-refractivity contribution in [3.8, 4) is 0 Å². The third kappa shape index (κ3) is 6.00. The van der Waals surface area contributed by atoms with Crippen LogP contribution in [0.5, 0.6) is 0 Å². The third-order valence-electron chi connectivity index (χ3n) is 3.61.